The number of nitrogens with zero attached hydrogens (tertiary/aromatic N) is 2. The van der Waals surface area contributed by atoms with Crippen LogP contribution < -0.4 is 10.5 Å². The summed E-state index contributed by atoms with van der Waals surface area (Å²) < 4.78 is 23.7. The first-order chi connectivity index (χ1) is 9.27. The summed E-state index contributed by atoms with van der Waals surface area (Å²) in [7, 11) is -2.06. The Morgan fingerprint density at radius 3 is 2.35 bits per heavy atom. The normalized spacial score (nSPS) is 11.3. The van der Waals surface area contributed by atoms with Crippen molar-refractivity contribution in [3.63, 3.8) is 0 Å². The summed E-state index contributed by atoms with van der Waals surface area (Å²) in [5.74, 6) is -0.323. The molecule has 0 aliphatic carbocycles. The fraction of sp³-hybridized carbons (Fsp3) is 0.167. The van der Waals surface area contributed by atoms with Gasteiger partial charge >= 0.3 is 0 Å². The van der Waals surface area contributed by atoms with E-state index in [2.05, 4.69) is 10.4 Å². The van der Waals surface area contributed by atoms with Gasteiger partial charge in [-0.2, -0.15) is 5.10 Å². The number of sulfonamides is 1. The molecule has 0 saturated heterocycles. The van der Waals surface area contributed by atoms with Gasteiger partial charge in [0.15, 0.2) is 0 Å². The summed E-state index contributed by atoms with van der Waals surface area (Å²) in [6, 6.07) is 7.27. The van der Waals surface area contributed by atoms with E-state index in [0.717, 1.165) is 5.69 Å². The second-order valence-electron chi connectivity index (χ2n) is 4.32. The predicted molar refractivity (Wildman–Crippen MR) is 73.7 cm³/mol. The minimum atomic E-state index is -3.73. The summed E-state index contributed by atoms with van der Waals surface area (Å²) in [5.41, 5.74) is 1.63. The first-order valence-corrected chi connectivity index (χ1v) is 7.27. The van der Waals surface area contributed by atoms with Gasteiger partial charge < -0.3 is 5.32 Å². The van der Waals surface area contributed by atoms with Gasteiger partial charge in [-0.15, -0.1) is 0 Å². The van der Waals surface area contributed by atoms with Gasteiger partial charge in [0.2, 0.25) is 10.0 Å². The van der Waals surface area contributed by atoms with E-state index in [-0.39, 0.29) is 10.8 Å². The third-order valence-electron chi connectivity index (χ3n) is 2.68. The molecule has 1 aromatic carbocycles. The van der Waals surface area contributed by atoms with Crippen LogP contribution in [0.15, 0.2) is 35.2 Å². The number of aromatic nitrogens is 2. The second-order valence-corrected chi connectivity index (χ2v) is 5.88. The van der Waals surface area contributed by atoms with Crippen LogP contribution in [0.1, 0.15) is 16.2 Å². The Bertz CT molecular complexity index is 748. The summed E-state index contributed by atoms with van der Waals surface area (Å²) in [6.07, 6.45) is 0. The number of primary sulfonamides is 1. The number of carbonyl (C=O) groups excluding carboxylic acids is 1. The van der Waals surface area contributed by atoms with E-state index in [4.69, 9.17) is 5.14 Å². The van der Waals surface area contributed by atoms with Crippen LogP contribution in [0, 0.1) is 6.92 Å². The van der Waals surface area contributed by atoms with Gasteiger partial charge in [-0.3, -0.25) is 9.48 Å². The molecule has 0 aliphatic heterocycles. The van der Waals surface area contributed by atoms with Crippen LogP contribution in [-0.2, 0) is 17.1 Å². The maximum atomic E-state index is 12.0. The van der Waals surface area contributed by atoms with Crippen molar-refractivity contribution in [1.29, 1.82) is 0 Å². The van der Waals surface area contributed by atoms with Crippen LogP contribution >= 0.6 is 0 Å². The van der Waals surface area contributed by atoms with Crippen molar-refractivity contribution in [3.8, 4) is 0 Å². The van der Waals surface area contributed by atoms with Crippen LogP contribution in [0.2, 0.25) is 0 Å². The molecule has 1 heterocycles. The lowest BCUT2D eigenvalue weighted by atomic mass is 10.3. The molecule has 3 N–H and O–H groups in total. The average Bonchev–Trinajstić information content (AvgIpc) is 2.68. The van der Waals surface area contributed by atoms with Gasteiger partial charge in [0.1, 0.15) is 5.69 Å². The topological polar surface area (TPSA) is 107 Å². The van der Waals surface area contributed by atoms with Gasteiger partial charge in [-0.25, -0.2) is 13.6 Å². The Morgan fingerprint density at radius 1 is 1.30 bits per heavy atom. The fourth-order valence-electron chi connectivity index (χ4n) is 1.75. The molecule has 2 aromatic rings. The number of hydrogen-bond acceptors (Lipinski definition) is 4. The minimum absolute atomic E-state index is 0.00752. The van der Waals surface area contributed by atoms with Crippen molar-refractivity contribution < 1.29 is 13.2 Å². The fourth-order valence-corrected chi connectivity index (χ4v) is 2.26. The highest BCUT2D eigenvalue weighted by molar-refractivity contribution is 7.89. The highest BCUT2D eigenvalue weighted by atomic mass is 32.2. The van der Waals surface area contributed by atoms with E-state index in [1.54, 1.807) is 20.0 Å². The van der Waals surface area contributed by atoms with Crippen LogP contribution in [0.25, 0.3) is 0 Å². The third-order valence-corrected chi connectivity index (χ3v) is 3.60. The number of amides is 1. The van der Waals surface area contributed by atoms with E-state index in [1.807, 2.05) is 0 Å². The van der Waals surface area contributed by atoms with Gasteiger partial charge in [-0.1, -0.05) is 0 Å². The zero-order valence-corrected chi connectivity index (χ0v) is 11.8. The molecular weight excluding hydrogens is 280 g/mol. The van der Waals surface area contributed by atoms with Crippen molar-refractivity contribution in [2.45, 2.75) is 11.8 Å². The molecule has 8 heteroatoms. The standard InChI is InChI=1S/C12H14N4O3S/c1-8-7-11(16(2)15-8)12(17)14-9-3-5-10(6-4-9)20(13,18)19/h3-7H,1-2H3,(H,14,17)(H2,13,18,19). The third kappa shape index (κ3) is 3.03. The summed E-state index contributed by atoms with van der Waals surface area (Å²) >= 11 is 0. The molecule has 20 heavy (non-hydrogen) atoms. The highest BCUT2D eigenvalue weighted by Crippen LogP contribution is 2.14. The molecule has 0 fully saturated rings. The molecule has 0 aliphatic rings. The molecule has 2 rings (SSSR count). The second kappa shape index (κ2) is 5.06. The molecule has 0 atom stereocenters. The monoisotopic (exact) mass is 294 g/mol. The smallest absolute Gasteiger partial charge is 0.273 e. The van der Waals surface area contributed by atoms with Crippen LogP contribution in [0.5, 0.6) is 0 Å². The van der Waals surface area contributed by atoms with Gasteiger partial charge in [-0.05, 0) is 37.3 Å². The Labute approximate surface area is 116 Å². The van der Waals surface area contributed by atoms with Crippen molar-refractivity contribution in [3.05, 3.63) is 41.7 Å². The number of rotatable bonds is 3. The maximum Gasteiger partial charge on any atom is 0.273 e. The molecule has 0 saturated carbocycles. The molecule has 0 unspecified atom stereocenters. The van der Waals surface area contributed by atoms with E-state index in [1.165, 1.54) is 28.9 Å². The van der Waals surface area contributed by atoms with Crippen molar-refractivity contribution in [2.24, 2.45) is 12.2 Å². The lowest BCUT2D eigenvalue weighted by Crippen LogP contribution is -2.16. The lowest BCUT2D eigenvalue weighted by Gasteiger charge is -2.06. The molecule has 1 amide bonds. The zero-order valence-electron chi connectivity index (χ0n) is 11.0. The number of benzene rings is 1. The summed E-state index contributed by atoms with van der Waals surface area (Å²) in [5, 5.41) is 11.7. The van der Waals surface area contributed by atoms with Crippen LogP contribution in [0.4, 0.5) is 5.69 Å². The van der Waals surface area contributed by atoms with Crippen molar-refractivity contribution in [2.75, 3.05) is 5.32 Å². The largest absolute Gasteiger partial charge is 0.321 e. The lowest BCUT2D eigenvalue weighted by molar-refractivity contribution is 0.101. The van der Waals surface area contributed by atoms with Gasteiger partial charge in [0.05, 0.1) is 10.6 Å². The molecule has 0 bridgehead atoms. The van der Waals surface area contributed by atoms with Gasteiger partial charge in [0.25, 0.3) is 5.91 Å². The molecule has 0 spiro atoms. The molecular formula is C12H14N4O3S. The number of nitrogens with two attached hydrogens (primary N) is 1. The quantitative estimate of drug-likeness (QED) is 0.865. The first-order valence-electron chi connectivity index (χ1n) is 5.72. The maximum absolute atomic E-state index is 12.0. The predicted octanol–water partition coefficient (Wildman–Crippen LogP) is 0.628. The van der Waals surface area contributed by atoms with Crippen molar-refractivity contribution in [1.82, 2.24) is 9.78 Å². The van der Waals surface area contributed by atoms with Gasteiger partial charge in [0, 0.05) is 12.7 Å². The molecule has 1 aromatic heterocycles. The number of carbonyl (C=O) groups is 1. The SMILES string of the molecule is Cc1cc(C(=O)Nc2ccc(S(N)(=O)=O)cc2)n(C)n1. The Balaban J connectivity index is 2.18. The zero-order chi connectivity index (χ0) is 14.9. The first kappa shape index (κ1) is 14.2. The summed E-state index contributed by atoms with van der Waals surface area (Å²) in [4.78, 5) is 12.0. The minimum Gasteiger partial charge on any atom is -0.321 e. The number of aryl methyl sites for hydroxylation is 2. The highest BCUT2D eigenvalue weighted by Gasteiger charge is 2.12. The van der Waals surface area contributed by atoms with E-state index in [9.17, 15) is 13.2 Å². The Morgan fingerprint density at radius 2 is 1.90 bits per heavy atom. The average molecular weight is 294 g/mol. The van der Waals surface area contributed by atoms with E-state index >= 15 is 0 Å². The molecule has 106 valence electrons. The number of hydrogen-bond donors (Lipinski definition) is 2. The summed E-state index contributed by atoms with van der Waals surface area (Å²) in [6.45, 7) is 1.79. The molecule has 0 radical (unpaired) electrons. The molecule has 7 nitrogen and oxygen atoms in total. The van der Waals surface area contributed by atoms with Crippen LogP contribution in [0.3, 0.4) is 0 Å². The number of anilines is 1. The van der Waals surface area contributed by atoms with E-state index < -0.39 is 10.0 Å². The van der Waals surface area contributed by atoms with Crippen LogP contribution in [-0.4, -0.2) is 24.1 Å². The van der Waals surface area contributed by atoms with E-state index in [0.29, 0.717) is 11.4 Å². The Hall–Kier alpha value is -2.19. The number of nitrogens with one attached hydrogen (secondary N) is 1. The van der Waals surface area contributed by atoms with Crippen molar-refractivity contribution >= 4 is 21.6 Å². The Kier molecular flexibility index (Phi) is 3.60.